The van der Waals surface area contributed by atoms with E-state index < -0.39 is 95.2 Å². The van der Waals surface area contributed by atoms with Crippen LogP contribution in [0.5, 0.6) is 5.75 Å². The number of carboxylic acid groups (broad SMARTS) is 1. The molecule has 0 bridgehead atoms. The number of halogens is 1. The van der Waals surface area contributed by atoms with Crippen molar-refractivity contribution < 1.29 is 69.0 Å². The summed E-state index contributed by atoms with van der Waals surface area (Å²) < 4.78 is 0. The van der Waals surface area contributed by atoms with E-state index in [-0.39, 0.29) is 87.3 Å². The van der Waals surface area contributed by atoms with Gasteiger partial charge in [-0.1, -0.05) is 23.7 Å². The van der Waals surface area contributed by atoms with Gasteiger partial charge in [0, 0.05) is 45.4 Å². The van der Waals surface area contributed by atoms with E-state index in [4.69, 9.17) is 17.3 Å². The average Bonchev–Trinajstić information content (AvgIpc) is 3.20. The number of hydrogen-bond acceptors (Lipinski definition) is 14. The monoisotopic (exact) mass is 881 g/mol. The minimum Gasteiger partial charge on any atom is -0.508 e. The molecule has 1 aromatic carbocycles. The Labute approximate surface area is 354 Å². The molecular formula is C37H52ClN9O14. The Balaban J connectivity index is 1.88. The van der Waals surface area contributed by atoms with Crippen LogP contribution in [-0.2, 0) is 43.2 Å². The minimum absolute atomic E-state index is 0.0325. The van der Waals surface area contributed by atoms with Gasteiger partial charge >= 0.3 is 5.97 Å². The van der Waals surface area contributed by atoms with Crippen LogP contribution < -0.4 is 27.0 Å². The second-order valence-electron chi connectivity index (χ2n) is 14.5. The smallest absolute Gasteiger partial charge is 0.353 e. The van der Waals surface area contributed by atoms with Gasteiger partial charge in [-0.25, -0.2) is 20.0 Å². The van der Waals surface area contributed by atoms with Crippen LogP contribution in [0.1, 0.15) is 83.7 Å². The molecule has 0 spiro atoms. The quantitative estimate of drug-likeness (QED) is 0.0376. The molecular weight excluding hydrogens is 830 g/mol. The SMILES string of the molecule is CC(=O)N(O)CCC[C@H](NC(=O)[C@H](CCCN(O)C(C)=O)NC(=O)[C@@H](N)CCCN(O)C(C)=O)C(=O)N[C@@H](C(=O)N[C@@H]1C(=O)N2C(C(=O)O)=C(Cl)CC[C@H]12)c1ccc(O)cc1. The number of carboxylic acids is 1. The van der Waals surface area contributed by atoms with Crippen LogP contribution in [0.25, 0.3) is 0 Å². The normalized spacial score (nSPS) is 17.6. The van der Waals surface area contributed by atoms with Crippen molar-refractivity contribution in [1.29, 1.82) is 0 Å². The number of rotatable bonds is 22. The summed E-state index contributed by atoms with van der Waals surface area (Å²) in [6.45, 7) is 2.61. The lowest BCUT2D eigenvalue weighted by atomic mass is 9.86. The van der Waals surface area contributed by atoms with Crippen molar-refractivity contribution >= 4 is 64.8 Å². The Kier molecular flexibility index (Phi) is 18.4. The molecule has 61 heavy (non-hydrogen) atoms. The molecule has 11 N–H and O–H groups in total. The number of amides is 8. The van der Waals surface area contributed by atoms with Crippen molar-refractivity contribution in [3.63, 3.8) is 0 Å². The summed E-state index contributed by atoms with van der Waals surface area (Å²) in [5.41, 5.74) is 5.73. The van der Waals surface area contributed by atoms with E-state index in [1.807, 2.05) is 0 Å². The summed E-state index contributed by atoms with van der Waals surface area (Å²) in [6.07, 6.45) is -0.216. The van der Waals surface area contributed by atoms with Crippen molar-refractivity contribution in [3.8, 4) is 5.75 Å². The number of nitrogens with two attached hydrogens (primary N) is 1. The molecule has 0 aromatic heterocycles. The van der Waals surface area contributed by atoms with Crippen LogP contribution in [0.3, 0.4) is 0 Å². The lowest BCUT2D eigenvalue weighted by Crippen LogP contribution is -2.72. The van der Waals surface area contributed by atoms with Crippen LogP contribution in [0.15, 0.2) is 35.0 Å². The Bertz CT molecular complexity index is 1870. The van der Waals surface area contributed by atoms with Crippen molar-refractivity contribution in [3.05, 3.63) is 40.6 Å². The highest BCUT2D eigenvalue weighted by molar-refractivity contribution is 6.32. The number of carbonyl (C=O) groups is 9. The van der Waals surface area contributed by atoms with Crippen LogP contribution in [0, 0.1) is 0 Å². The Morgan fingerprint density at radius 1 is 0.754 bits per heavy atom. The molecule has 1 aromatic rings. The number of hydrogen-bond donors (Lipinski definition) is 10. The van der Waals surface area contributed by atoms with Crippen LogP contribution in [0.4, 0.5) is 0 Å². The fourth-order valence-electron chi connectivity index (χ4n) is 6.51. The topological polar surface area (TPSA) is 342 Å². The zero-order valence-electron chi connectivity index (χ0n) is 33.7. The number of aromatic hydroxyl groups is 1. The van der Waals surface area contributed by atoms with E-state index in [2.05, 4.69) is 21.3 Å². The number of phenolic OH excluding ortho intramolecular Hbond substituents is 1. The van der Waals surface area contributed by atoms with Crippen LogP contribution in [-0.4, -0.2) is 149 Å². The highest BCUT2D eigenvalue weighted by atomic mass is 35.5. The molecule has 3 rings (SSSR count). The van der Waals surface area contributed by atoms with E-state index in [1.165, 1.54) is 24.3 Å². The molecule has 0 radical (unpaired) electrons. The van der Waals surface area contributed by atoms with Crippen molar-refractivity contribution in [2.75, 3.05) is 19.6 Å². The largest absolute Gasteiger partial charge is 0.508 e. The third-order valence-electron chi connectivity index (χ3n) is 9.96. The second kappa shape index (κ2) is 22.6. The molecule has 24 heteroatoms. The Hall–Kier alpha value is -5.88. The maximum Gasteiger partial charge on any atom is 0.353 e. The zero-order valence-corrected chi connectivity index (χ0v) is 34.5. The van der Waals surface area contributed by atoms with Gasteiger partial charge in [-0.2, -0.15) is 0 Å². The van der Waals surface area contributed by atoms with Gasteiger partial charge in [0.2, 0.25) is 41.4 Å². The fraction of sp³-hybridized carbons (Fsp3) is 0.541. The number of hydroxylamine groups is 6. The predicted molar refractivity (Wildman–Crippen MR) is 208 cm³/mol. The van der Waals surface area contributed by atoms with Gasteiger partial charge in [0.1, 0.15) is 35.6 Å². The van der Waals surface area contributed by atoms with Crippen molar-refractivity contribution in [2.24, 2.45) is 5.73 Å². The van der Waals surface area contributed by atoms with Crippen molar-refractivity contribution in [1.82, 2.24) is 41.4 Å². The van der Waals surface area contributed by atoms with Gasteiger partial charge in [-0.15, -0.1) is 0 Å². The summed E-state index contributed by atoms with van der Waals surface area (Å²) >= 11 is 6.09. The number of carbonyl (C=O) groups excluding carboxylic acids is 8. The fourth-order valence-corrected chi connectivity index (χ4v) is 6.79. The Morgan fingerprint density at radius 3 is 1.69 bits per heavy atom. The molecule has 6 atom stereocenters. The molecule has 1 fully saturated rings. The predicted octanol–water partition coefficient (Wildman–Crippen LogP) is -1.08. The molecule has 8 amide bonds. The van der Waals surface area contributed by atoms with E-state index in [0.717, 1.165) is 25.7 Å². The van der Waals surface area contributed by atoms with Gasteiger partial charge in [0.15, 0.2) is 0 Å². The van der Waals surface area contributed by atoms with Gasteiger partial charge in [-0.3, -0.25) is 58.9 Å². The van der Waals surface area contributed by atoms with Gasteiger partial charge in [0.25, 0.3) is 5.91 Å². The standard InChI is InChI=1S/C37H52ClN9O14/c1-19(48)44(59)16-4-7-25(39)32(52)40-26(8-5-17-45(60)20(2)49)33(53)41-27(9-6-18-46(61)21(3)50)34(54)42-29(22-10-12-23(51)13-11-22)35(55)43-30-28-15-14-24(38)31(37(57)58)47(28)36(30)56/h10-13,25-30,51,59-61H,4-9,14-18,39H2,1-3H3,(H,40,52)(H,41,53)(H,42,54)(H,43,55)(H,57,58)/t25-,26-,27-,28+,29+,30-/m0/s1. The highest BCUT2D eigenvalue weighted by Crippen LogP contribution is 2.38. The third-order valence-corrected chi connectivity index (χ3v) is 10.3. The first-order valence-electron chi connectivity index (χ1n) is 19.3. The first-order chi connectivity index (χ1) is 28.6. The van der Waals surface area contributed by atoms with Crippen LogP contribution in [0.2, 0.25) is 0 Å². The average molecular weight is 882 g/mol. The first kappa shape index (κ1) is 49.5. The number of phenols is 1. The lowest BCUT2D eigenvalue weighted by Gasteiger charge is -2.49. The summed E-state index contributed by atoms with van der Waals surface area (Å²) in [5.74, 6) is -8.16. The summed E-state index contributed by atoms with van der Waals surface area (Å²) in [7, 11) is 0. The molecule has 0 unspecified atom stereocenters. The molecule has 2 aliphatic rings. The van der Waals surface area contributed by atoms with E-state index >= 15 is 0 Å². The molecule has 23 nitrogen and oxygen atoms in total. The van der Waals surface area contributed by atoms with Crippen LogP contribution >= 0.6 is 11.6 Å². The van der Waals surface area contributed by atoms with Gasteiger partial charge in [0.05, 0.1) is 12.1 Å². The zero-order chi connectivity index (χ0) is 45.7. The summed E-state index contributed by atoms with van der Waals surface area (Å²) in [6, 6.07) is -2.70. The minimum atomic E-state index is -1.59. The number of nitrogens with one attached hydrogen (secondary N) is 4. The summed E-state index contributed by atoms with van der Waals surface area (Å²) in [5, 5.41) is 60.3. The summed E-state index contributed by atoms with van der Waals surface area (Å²) in [4.78, 5) is 116. The first-order valence-corrected chi connectivity index (χ1v) is 19.6. The van der Waals surface area contributed by atoms with E-state index in [0.29, 0.717) is 15.2 Å². The van der Waals surface area contributed by atoms with Gasteiger partial charge < -0.3 is 37.2 Å². The molecule has 1 saturated heterocycles. The number of allylic oxidation sites excluding steroid dienone is 1. The number of benzene rings is 1. The van der Waals surface area contributed by atoms with E-state index in [9.17, 15) is 69.0 Å². The maximum atomic E-state index is 14.1. The molecule has 0 aliphatic carbocycles. The Morgan fingerprint density at radius 2 is 1.21 bits per heavy atom. The number of aliphatic carboxylic acids is 1. The molecule has 2 heterocycles. The molecule has 336 valence electrons. The molecule has 0 saturated carbocycles. The molecule has 2 aliphatic heterocycles. The number of fused-ring (bicyclic) bond motifs is 1. The van der Waals surface area contributed by atoms with E-state index in [1.54, 1.807) is 0 Å². The highest BCUT2D eigenvalue weighted by Gasteiger charge is 2.53. The lowest BCUT2D eigenvalue weighted by molar-refractivity contribution is -0.163. The van der Waals surface area contributed by atoms with Crippen molar-refractivity contribution in [2.45, 2.75) is 108 Å². The van der Waals surface area contributed by atoms with Gasteiger partial charge in [-0.05, 0) is 69.1 Å². The second-order valence-corrected chi connectivity index (χ2v) is 14.9. The maximum absolute atomic E-state index is 14.1. The third kappa shape index (κ3) is 13.8. The number of nitrogens with zero attached hydrogens (tertiary/aromatic N) is 4. The number of β-lactam (4-membered cyclic amide) rings is 1.